The summed E-state index contributed by atoms with van der Waals surface area (Å²) in [6.07, 6.45) is 3.24. The highest BCUT2D eigenvalue weighted by Gasteiger charge is 2.40. The Balaban J connectivity index is 1.37. The number of ether oxygens (including phenoxy) is 2. The Morgan fingerprint density at radius 2 is 2.00 bits per heavy atom. The molecule has 9 heteroatoms. The molecule has 0 spiro atoms. The minimum Gasteiger partial charge on any atom is -0.389 e. The minimum atomic E-state index is -0.775. The molecule has 4 atom stereocenters. The summed E-state index contributed by atoms with van der Waals surface area (Å²) in [5.41, 5.74) is 1.43. The standard InChI is InChI=1S/C24H28ClN3O5/c25-18-5-3-16(4-6-18)11-27-23(30)10-20-7-8-21-22(33-20)15-32-14-19(29)13-28(21)24(31)17-2-1-9-26-12-17/h1-6,9,12,19-22,29H,7-8,10-11,13-15H2,(H,27,30)/t19-,20-,21+,22-/m0/s1. The number of halogens is 1. The van der Waals surface area contributed by atoms with Gasteiger partial charge in [0.2, 0.25) is 5.91 Å². The molecule has 0 radical (unpaired) electrons. The van der Waals surface area contributed by atoms with Crippen molar-refractivity contribution >= 4 is 23.4 Å². The van der Waals surface area contributed by atoms with Crippen LogP contribution in [0.3, 0.4) is 0 Å². The van der Waals surface area contributed by atoms with Crippen LogP contribution in [-0.4, -0.2) is 70.9 Å². The highest BCUT2D eigenvalue weighted by Crippen LogP contribution is 2.28. The number of nitrogens with one attached hydrogen (secondary N) is 1. The summed E-state index contributed by atoms with van der Waals surface area (Å²) in [4.78, 5) is 31.4. The maximum absolute atomic E-state index is 13.2. The molecule has 1 aromatic heterocycles. The van der Waals surface area contributed by atoms with Crippen LogP contribution >= 0.6 is 11.6 Å². The predicted molar refractivity (Wildman–Crippen MR) is 122 cm³/mol. The molecule has 2 N–H and O–H groups in total. The average Bonchev–Trinajstić information content (AvgIpc) is 2.82. The molecule has 33 heavy (non-hydrogen) atoms. The quantitative estimate of drug-likeness (QED) is 0.690. The third-order valence-electron chi connectivity index (χ3n) is 5.97. The van der Waals surface area contributed by atoms with Gasteiger partial charge in [-0.25, -0.2) is 0 Å². The number of β-amino-alcohol motifs (C(OH)–C–C–N with tert-alkyl or cyclic N) is 1. The number of nitrogens with zero attached hydrogens (tertiary/aromatic N) is 2. The van der Waals surface area contributed by atoms with Gasteiger partial charge in [-0.15, -0.1) is 0 Å². The Bertz CT molecular complexity index is 943. The number of amides is 2. The van der Waals surface area contributed by atoms with Crippen molar-refractivity contribution in [3.63, 3.8) is 0 Å². The van der Waals surface area contributed by atoms with E-state index in [2.05, 4.69) is 10.3 Å². The lowest BCUT2D eigenvalue weighted by Gasteiger charge is -2.44. The van der Waals surface area contributed by atoms with E-state index < -0.39 is 6.10 Å². The molecule has 0 bridgehead atoms. The molecule has 2 aromatic rings. The molecular formula is C24H28ClN3O5. The topological polar surface area (TPSA) is 101 Å². The summed E-state index contributed by atoms with van der Waals surface area (Å²) in [7, 11) is 0. The van der Waals surface area contributed by atoms with E-state index in [1.807, 2.05) is 12.1 Å². The minimum absolute atomic E-state index is 0.0983. The van der Waals surface area contributed by atoms with Gasteiger partial charge in [-0.1, -0.05) is 23.7 Å². The van der Waals surface area contributed by atoms with Crippen LogP contribution in [0, 0.1) is 0 Å². The van der Waals surface area contributed by atoms with Crippen LogP contribution in [0.2, 0.25) is 5.02 Å². The molecule has 2 aliphatic heterocycles. The summed E-state index contributed by atoms with van der Waals surface area (Å²) < 4.78 is 11.8. The van der Waals surface area contributed by atoms with Crippen molar-refractivity contribution < 1.29 is 24.2 Å². The third kappa shape index (κ3) is 6.29. The Morgan fingerprint density at radius 3 is 2.76 bits per heavy atom. The number of aliphatic hydroxyl groups is 1. The van der Waals surface area contributed by atoms with Crippen molar-refractivity contribution in [3.05, 3.63) is 64.9 Å². The molecule has 8 nitrogen and oxygen atoms in total. The molecule has 0 saturated carbocycles. The number of fused-ring (bicyclic) bond motifs is 1. The number of carbonyl (C=O) groups is 2. The number of pyridine rings is 1. The van der Waals surface area contributed by atoms with Gasteiger partial charge < -0.3 is 24.8 Å². The molecular weight excluding hydrogens is 446 g/mol. The number of benzene rings is 1. The van der Waals surface area contributed by atoms with E-state index in [4.69, 9.17) is 21.1 Å². The highest BCUT2D eigenvalue weighted by molar-refractivity contribution is 6.30. The van der Waals surface area contributed by atoms with Crippen molar-refractivity contribution in [2.24, 2.45) is 0 Å². The fraction of sp³-hybridized carbons (Fsp3) is 0.458. The fourth-order valence-corrected chi connectivity index (χ4v) is 4.44. The molecule has 176 valence electrons. The number of carbonyl (C=O) groups excluding carboxylic acids is 2. The summed E-state index contributed by atoms with van der Waals surface area (Å²) in [6, 6.07) is 10.5. The summed E-state index contributed by atoms with van der Waals surface area (Å²) in [5, 5.41) is 13.8. The van der Waals surface area contributed by atoms with Gasteiger partial charge in [0.25, 0.3) is 5.91 Å². The largest absolute Gasteiger partial charge is 0.389 e. The van der Waals surface area contributed by atoms with Gasteiger partial charge in [0.15, 0.2) is 0 Å². The van der Waals surface area contributed by atoms with Gasteiger partial charge in [0.05, 0.1) is 43.4 Å². The maximum Gasteiger partial charge on any atom is 0.255 e. The number of hydrogen-bond acceptors (Lipinski definition) is 6. The summed E-state index contributed by atoms with van der Waals surface area (Å²) in [5.74, 6) is -0.291. The maximum atomic E-state index is 13.2. The second-order valence-corrected chi connectivity index (χ2v) is 8.88. The predicted octanol–water partition coefficient (Wildman–Crippen LogP) is 2.19. The van der Waals surface area contributed by atoms with Crippen LogP contribution in [0.25, 0.3) is 0 Å². The van der Waals surface area contributed by atoms with Crippen molar-refractivity contribution in [3.8, 4) is 0 Å². The van der Waals surface area contributed by atoms with Crippen LogP contribution in [0.5, 0.6) is 0 Å². The highest BCUT2D eigenvalue weighted by atomic mass is 35.5. The smallest absolute Gasteiger partial charge is 0.255 e. The Kier molecular flexibility index (Phi) is 7.93. The van der Waals surface area contributed by atoms with Gasteiger partial charge in [-0.05, 0) is 42.7 Å². The van der Waals surface area contributed by atoms with Crippen molar-refractivity contribution in [1.29, 1.82) is 0 Å². The van der Waals surface area contributed by atoms with Crippen LogP contribution < -0.4 is 5.32 Å². The molecule has 2 aliphatic rings. The monoisotopic (exact) mass is 473 g/mol. The van der Waals surface area contributed by atoms with E-state index in [-0.39, 0.29) is 56.2 Å². The number of aromatic nitrogens is 1. The Hall–Kier alpha value is -2.52. The SMILES string of the molecule is O=C(C[C@@H]1CC[C@@H]2[C@H](COC[C@@H](O)CN2C(=O)c2cccnc2)O1)NCc1ccc(Cl)cc1. The average molecular weight is 474 g/mol. The molecule has 4 rings (SSSR count). The lowest BCUT2D eigenvalue weighted by atomic mass is 9.94. The second-order valence-electron chi connectivity index (χ2n) is 8.44. The van der Waals surface area contributed by atoms with Gasteiger partial charge in [-0.2, -0.15) is 0 Å². The molecule has 0 aliphatic carbocycles. The lowest BCUT2D eigenvalue weighted by molar-refractivity contribution is -0.151. The zero-order chi connectivity index (χ0) is 23.2. The number of hydrogen-bond donors (Lipinski definition) is 2. The van der Waals surface area contributed by atoms with Gasteiger partial charge in [0.1, 0.15) is 6.10 Å². The first kappa shape index (κ1) is 23.6. The summed E-state index contributed by atoms with van der Waals surface area (Å²) >= 11 is 5.90. The Labute approximate surface area is 197 Å². The van der Waals surface area contributed by atoms with Crippen LogP contribution in [-0.2, 0) is 20.8 Å². The van der Waals surface area contributed by atoms with Crippen molar-refractivity contribution in [2.75, 3.05) is 19.8 Å². The molecule has 2 amide bonds. The third-order valence-corrected chi connectivity index (χ3v) is 6.22. The first-order chi connectivity index (χ1) is 16.0. The first-order valence-corrected chi connectivity index (χ1v) is 11.5. The van der Waals surface area contributed by atoms with Crippen LogP contribution in [0.4, 0.5) is 0 Å². The van der Waals surface area contributed by atoms with E-state index in [0.29, 0.717) is 30.0 Å². The zero-order valence-electron chi connectivity index (χ0n) is 18.2. The number of aliphatic hydroxyl groups excluding tert-OH is 1. The van der Waals surface area contributed by atoms with Crippen molar-refractivity contribution in [2.45, 2.75) is 50.2 Å². The van der Waals surface area contributed by atoms with Crippen molar-refractivity contribution in [1.82, 2.24) is 15.2 Å². The molecule has 2 fully saturated rings. The van der Waals surface area contributed by atoms with Crippen LogP contribution in [0.1, 0.15) is 35.2 Å². The zero-order valence-corrected chi connectivity index (χ0v) is 19.0. The Morgan fingerprint density at radius 1 is 1.18 bits per heavy atom. The van der Waals surface area contributed by atoms with Gasteiger partial charge >= 0.3 is 0 Å². The summed E-state index contributed by atoms with van der Waals surface area (Å²) in [6.45, 7) is 0.949. The lowest BCUT2D eigenvalue weighted by Crippen LogP contribution is -2.57. The van der Waals surface area contributed by atoms with E-state index in [9.17, 15) is 14.7 Å². The first-order valence-electron chi connectivity index (χ1n) is 11.1. The van der Waals surface area contributed by atoms with E-state index in [1.54, 1.807) is 35.4 Å². The second kappa shape index (κ2) is 11.1. The van der Waals surface area contributed by atoms with E-state index >= 15 is 0 Å². The molecule has 2 saturated heterocycles. The molecule has 0 unspecified atom stereocenters. The number of rotatable bonds is 5. The fourth-order valence-electron chi connectivity index (χ4n) is 4.31. The molecule has 3 heterocycles. The van der Waals surface area contributed by atoms with E-state index in [1.165, 1.54) is 6.20 Å². The van der Waals surface area contributed by atoms with Gasteiger partial charge in [0, 0.05) is 30.5 Å². The molecule has 1 aromatic carbocycles. The van der Waals surface area contributed by atoms with E-state index in [0.717, 1.165) is 5.56 Å². The normalized spacial score (nSPS) is 25.5. The van der Waals surface area contributed by atoms with Crippen LogP contribution in [0.15, 0.2) is 48.8 Å². The van der Waals surface area contributed by atoms with Gasteiger partial charge in [-0.3, -0.25) is 14.6 Å².